The van der Waals surface area contributed by atoms with Crippen LogP contribution in [-0.2, 0) is 6.18 Å². The summed E-state index contributed by atoms with van der Waals surface area (Å²) in [7, 11) is 0. The lowest BCUT2D eigenvalue weighted by Gasteiger charge is -2.14. The zero-order chi connectivity index (χ0) is 15.6. The molecule has 2 nitrogen and oxygen atoms in total. The van der Waals surface area contributed by atoms with Gasteiger partial charge in [-0.05, 0) is 42.8 Å². The second-order valence-electron chi connectivity index (χ2n) is 4.41. The highest BCUT2D eigenvalue weighted by Crippen LogP contribution is 2.39. The molecule has 0 saturated carbocycles. The highest BCUT2D eigenvalue weighted by Gasteiger charge is 2.35. The molecule has 21 heavy (non-hydrogen) atoms. The standard InChI is InChI=1S/C15H10F4O2/c1-9-2-4-12(16)14(6-9)21-13-5-3-10(8-20)7-11(13)15(17,18)19/h2-8H,1H3. The first kappa shape index (κ1) is 15.0. The van der Waals surface area contributed by atoms with Gasteiger partial charge in [0.05, 0.1) is 5.56 Å². The molecule has 0 radical (unpaired) electrons. The lowest BCUT2D eigenvalue weighted by atomic mass is 10.1. The van der Waals surface area contributed by atoms with Crippen molar-refractivity contribution in [1.29, 1.82) is 0 Å². The molecule has 0 heterocycles. The van der Waals surface area contributed by atoms with E-state index in [1.165, 1.54) is 18.2 Å². The molecule has 0 aliphatic carbocycles. The fraction of sp³-hybridized carbons (Fsp3) is 0.133. The van der Waals surface area contributed by atoms with Crippen molar-refractivity contribution in [3.8, 4) is 11.5 Å². The zero-order valence-electron chi connectivity index (χ0n) is 10.9. The molecule has 0 unspecified atom stereocenters. The number of benzene rings is 2. The maximum atomic E-state index is 13.6. The quantitative estimate of drug-likeness (QED) is 0.603. The molecule has 0 fully saturated rings. The Bertz CT molecular complexity index is 678. The lowest BCUT2D eigenvalue weighted by Crippen LogP contribution is -2.08. The average Bonchev–Trinajstić information content (AvgIpc) is 2.42. The van der Waals surface area contributed by atoms with Crippen molar-refractivity contribution in [3.63, 3.8) is 0 Å². The third kappa shape index (κ3) is 3.39. The normalized spacial score (nSPS) is 11.3. The van der Waals surface area contributed by atoms with Crippen molar-refractivity contribution in [2.45, 2.75) is 13.1 Å². The first-order chi connectivity index (χ1) is 9.81. The number of halogens is 4. The molecule has 0 bridgehead atoms. The Morgan fingerprint density at radius 3 is 2.38 bits per heavy atom. The van der Waals surface area contributed by atoms with E-state index in [0.29, 0.717) is 17.9 Å². The van der Waals surface area contributed by atoms with Gasteiger partial charge in [0.15, 0.2) is 11.6 Å². The van der Waals surface area contributed by atoms with Crippen LogP contribution in [0.15, 0.2) is 36.4 Å². The van der Waals surface area contributed by atoms with E-state index in [1.54, 1.807) is 6.92 Å². The number of carbonyl (C=O) groups is 1. The van der Waals surface area contributed by atoms with Crippen LogP contribution in [0, 0.1) is 12.7 Å². The van der Waals surface area contributed by atoms with Crippen molar-refractivity contribution in [2.75, 3.05) is 0 Å². The molecule has 110 valence electrons. The Labute approximate surface area is 118 Å². The van der Waals surface area contributed by atoms with Crippen LogP contribution < -0.4 is 4.74 Å². The smallest absolute Gasteiger partial charge is 0.420 e. The summed E-state index contributed by atoms with van der Waals surface area (Å²) in [5.74, 6) is -1.63. The van der Waals surface area contributed by atoms with Gasteiger partial charge in [-0.1, -0.05) is 6.07 Å². The number of aryl methyl sites for hydroxylation is 1. The minimum absolute atomic E-state index is 0.139. The van der Waals surface area contributed by atoms with Crippen LogP contribution >= 0.6 is 0 Å². The molecule has 0 amide bonds. The van der Waals surface area contributed by atoms with Crippen molar-refractivity contribution in [2.24, 2.45) is 0 Å². The summed E-state index contributed by atoms with van der Waals surface area (Å²) in [6.07, 6.45) is -4.42. The summed E-state index contributed by atoms with van der Waals surface area (Å²) in [4.78, 5) is 10.6. The predicted octanol–water partition coefficient (Wildman–Crippen LogP) is 4.76. The van der Waals surface area contributed by atoms with Crippen molar-refractivity contribution in [1.82, 2.24) is 0 Å². The van der Waals surface area contributed by atoms with E-state index in [4.69, 9.17) is 4.74 Å². The van der Waals surface area contributed by atoms with Crippen LogP contribution in [0.25, 0.3) is 0 Å². The Morgan fingerprint density at radius 1 is 1.05 bits per heavy atom. The van der Waals surface area contributed by atoms with Crippen LogP contribution in [0.1, 0.15) is 21.5 Å². The van der Waals surface area contributed by atoms with E-state index in [2.05, 4.69) is 0 Å². The molecule has 2 aromatic carbocycles. The number of alkyl halides is 3. The highest BCUT2D eigenvalue weighted by molar-refractivity contribution is 5.75. The number of aldehydes is 1. The van der Waals surface area contributed by atoms with Gasteiger partial charge in [-0.2, -0.15) is 13.2 Å². The number of carbonyl (C=O) groups excluding carboxylic acids is 1. The fourth-order valence-corrected chi connectivity index (χ4v) is 1.74. The maximum absolute atomic E-state index is 13.6. The van der Waals surface area contributed by atoms with Gasteiger partial charge in [-0.3, -0.25) is 4.79 Å². The van der Waals surface area contributed by atoms with Gasteiger partial charge in [0, 0.05) is 5.56 Å². The van der Waals surface area contributed by atoms with Gasteiger partial charge >= 0.3 is 6.18 Å². The van der Waals surface area contributed by atoms with Gasteiger partial charge in [-0.25, -0.2) is 4.39 Å². The summed E-state index contributed by atoms with van der Waals surface area (Å²) in [6, 6.07) is 6.71. The second-order valence-corrected chi connectivity index (χ2v) is 4.41. The largest absolute Gasteiger partial charge is 0.454 e. The summed E-state index contributed by atoms with van der Waals surface area (Å²) >= 11 is 0. The molecule has 0 aromatic heterocycles. The van der Waals surface area contributed by atoms with Crippen LogP contribution in [-0.4, -0.2) is 6.29 Å². The Kier molecular flexibility index (Phi) is 3.97. The van der Waals surface area contributed by atoms with E-state index in [-0.39, 0.29) is 11.3 Å². The Balaban J connectivity index is 2.48. The Morgan fingerprint density at radius 2 is 1.76 bits per heavy atom. The van der Waals surface area contributed by atoms with Crippen LogP contribution in [0.2, 0.25) is 0 Å². The van der Waals surface area contributed by atoms with Gasteiger partial charge < -0.3 is 4.74 Å². The van der Waals surface area contributed by atoms with E-state index < -0.39 is 23.3 Å². The van der Waals surface area contributed by atoms with Crippen molar-refractivity contribution >= 4 is 6.29 Å². The lowest BCUT2D eigenvalue weighted by molar-refractivity contribution is -0.138. The minimum atomic E-state index is -4.71. The van der Waals surface area contributed by atoms with E-state index in [9.17, 15) is 22.4 Å². The molecule has 6 heteroatoms. The highest BCUT2D eigenvalue weighted by atomic mass is 19.4. The van der Waals surface area contributed by atoms with Gasteiger partial charge in [0.25, 0.3) is 0 Å². The molecule has 2 rings (SSSR count). The topological polar surface area (TPSA) is 26.3 Å². The Hall–Kier alpha value is -2.37. The number of ether oxygens (including phenoxy) is 1. The fourth-order valence-electron chi connectivity index (χ4n) is 1.74. The average molecular weight is 298 g/mol. The summed E-state index contributed by atoms with van der Waals surface area (Å²) in [5, 5.41) is 0. The van der Waals surface area contributed by atoms with Crippen LogP contribution in [0.4, 0.5) is 17.6 Å². The third-order valence-corrected chi connectivity index (χ3v) is 2.75. The number of hydrogen-bond donors (Lipinski definition) is 0. The summed E-state index contributed by atoms with van der Waals surface area (Å²) in [6.45, 7) is 1.66. The summed E-state index contributed by atoms with van der Waals surface area (Å²) < 4.78 is 57.5. The number of rotatable bonds is 3. The maximum Gasteiger partial charge on any atom is 0.420 e. The van der Waals surface area contributed by atoms with Gasteiger partial charge in [0.2, 0.25) is 0 Å². The monoisotopic (exact) mass is 298 g/mol. The molecular formula is C15H10F4O2. The predicted molar refractivity (Wildman–Crippen MR) is 68.0 cm³/mol. The molecular weight excluding hydrogens is 288 g/mol. The number of hydrogen-bond acceptors (Lipinski definition) is 2. The van der Waals surface area contributed by atoms with Crippen LogP contribution in [0.3, 0.4) is 0 Å². The summed E-state index contributed by atoms with van der Waals surface area (Å²) in [5.41, 5.74) is -0.628. The first-order valence-electron chi connectivity index (χ1n) is 5.91. The van der Waals surface area contributed by atoms with Crippen molar-refractivity contribution in [3.05, 3.63) is 58.9 Å². The van der Waals surface area contributed by atoms with Gasteiger partial charge in [0.1, 0.15) is 12.0 Å². The molecule has 0 spiro atoms. The third-order valence-electron chi connectivity index (χ3n) is 2.75. The SMILES string of the molecule is Cc1ccc(F)c(Oc2ccc(C=O)cc2C(F)(F)F)c1. The zero-order valence-corrected chi connectivity index (χ0v) is 10.9. The van der Waals surface area contributed by atoms with E-state index in [0.717, 1.165) is 12.1 Å². The molecule has 0 aliphatic rings. The first-order valence-corrected chi connectivity index (χ1v) is 5.91. The molecule has 0 atom stereocenters. The minimum Gasteiger partial charge on any atom is -0.454 e. The molecule has 0 aliphatic heterocycles. The molecule has 2 aromatic rings. The van der Waals surface area contributed by atoms with Crippen LogP contribution in [0.5, 0.6) is 11.5 Å². The van der Waals surface area contributed by atoms with Gasteiger partial charge in [-0.15, -0.1) is 0 Å². The second kappa shape index (κ2) is 5.55. The molecule has 0 N–H and O–H groups in total. The van der Waals surface area contributed by atoms with E-state index in [1.807, 2.05) is 0 Å². The van der Waals surface area contributed by atoms with E-state index >= 15 is 0 Å². The molecule has 0 saturated heterocycles. The van der Waals surface area contributed by atoms with Crippen molar-refractivity contribution < 1.29 is 27.1 Å².